The maximum Gasteiger partial charge on any atom is 0.260 e. The van der Waals surface area contributed by atoms with Crippen molar-refractivity contribution in [2.75, 3.05) is 13.1 Å². The van der Waals surface area contributed by atoms with Gasteiger partial charge in [-0.1, -0.05) is 6.92 Å². The van der Waals surface area contributed by atoms with Crippen molar-refractivity contribution in [2.45, 2.75) is 58.4 Å². The van der Waals surface area contributed by atoms with Gasteiger partial charge in [0.1, 0.15) is 10.9 Å². The summed E-state index contributed by atoms with van der Waals surface area (Å²) in [4.78, 5) is 24.6. The number of aromatic nitrogens is 2. The fourth-order valence-corrected chi connectivity index (χ4v) is 5.59. The van der Waals surface area contributed by atoms with Crippen molar-refractivity contribution >= 4 is 21.6 Å². The lowest BCUT2D eigenvalue weighted by atomic mass is 9.89. The summed E-state index contributed by atoms with van der Waals surface area (Å²) < 4.78 is 0. The zero-order valence-electron chi connectivity index (χ0n) is 14.1. The second-order valence-electron chi connectivity index (χ2n) is 7.42. The molecule has 2 atom stereocenters. The van der Waals surface area contributed by atoms with Crippen molar-refractivity contribution in [2.24, 2.45) is 5.92 Å². The molecule has 1 fully saturated rings. The standard InChI is InChI=1S/C18H25N3OS/c1-11-6-7-13-14(10-11)23-18-15(13)17(22)19-16(20-18)12(2)21-8-4-3-5-9-21/h11-12H,3-10H2,1-2H3,(H,19,20,22)/p+1/t11-,12+/m0/s1. The van der Waals surface area contributed by atoms with Crippen LogP contribution in [0.4, 0.5) is 0 Å². The maximum absolute atomic E-state index is 12.7. The van der Waals surface area contributed by atoms with Crippen LogP contribution in [0.5, 0.6) is 0 Å². The van der Waals surface area contributed by atoms with Crippen LogP contribution in [0.1, 0.15) is 61.8 Å². The Morgan fingerprint density at radius 2 is 2.09 bits per heavy atom. The number of hydrogen-bond acceptors (Lipinski definition) is 3. The first-order valence-corrected chi connectivity index (χ1v) is 9.84. The van der Waals surface area contributed by atoms with Gasteiger partial charge in [-0.2, -0.15) is 0 Å². The minimum absolute atomic E-state index is 0.0836. The van der Waals surface area contributed by atoms with Crippen LogP contribution >= 0.6 is 11.3 Å². The number of thiophene rings is 1. The number of likely N-dealkylation sites (tertiary alicyclic amines) is 1. The van der Waals surface area contributed by atoms with Crippen molar-refractivity contribution in [1.82, 2.24) is 9.97 Å². The average Bonchev–Trinajstić information content (AvgIpc) is 2.92. The molecule has 0 amide bonds. The molecule has 2 aliphatic rings. The van der Waals surface area contributed by atoms with Gasteiger partial charge in [0.25, 0.3) is 5.56 Å². The summed E-state index contributed by atoms with van der Waals surface area (Å²) in [7, 11) is 0. The predicted octanol–water partition coefficient (Wildman–Crippen LogP) is 2.24. The number of nitrogens with zero attached hydrogens (tertiary/aromatic N) is 1. The van der Waals surface area contributed by atoms with Crippen molar-refractivity contribution in [3.8, 4) is 0 Å². The molecule has 4 nitrogen and oxygen atoms in total. The molecular weight excluding hydrogens is 306 g/mol. The summed E-state index contributed by atoms with van der Waals surface area (Å²) in [6.45, 7) is 6.90. The van der Waals surface area contributed by atoms with E-state index in [0.29, 0.717) is 0 Å². The van der Waals surface area contributed by atoms with Gasteiger partial charge in [0, 0.05) is 4.88 Å². The Morgan fingerprint density at radius 1 is 1.30 bits per heavy atom. The van der Waals surface area contributed by atoms with Crippen LogP contribution in [0.2, 0.25) is 0 Å². The monoisotopic (exact) mass is 332 g/mol. The number of hydrogen-bond donors (Lipinski definition) is 2. The van der Waals surface area contributed by atoms with Gasteiger partial charge in [-0.15, -0.1) is 11.3 Å². The molecule has 1 aliphatic heterocycles. The van der Waals surface area contributed by atoms with Crippen molar-refractivity contribution in [1.29, 1.82) is 0 Å². The third-order valence-corrected chi connectivity index (χ3v) is 6.85. The number of piperidine rings is 1. The fraction of sp³-hybridized carbons (Fsp3) is 0.667. The first-order chi connectivity index (χ1) is 11.1. The summed E-state index contributed by atoms with van der Waals surface area (Å²) in [6.07, 6.45) is 7.25. The lowest BCUT2D eigenvalue weighted by molar-refractivity contribution is -0.934. The molecular formula is C18H26N3OS+. The minimum Gasteiger partial charge on any atom is -0.326 e. The van der Waals surface area contributed by atoms with Crippen LogP contribution in [-0.4, -0.2) is 23.1 Å². The first-order valence-electron chi connectivity index (χ1n) is 9.02. The van der Waals surface area contributed by atoms with Gasteiger partial charge >= 0.3 is 0 Å². The van der Waals surface area contributed by atoms with E-state index in [4.69, 9.17) is 4.98 Å². The molecule has 1 saturated heterocycles. The second kappa shape index (κ2) is 6.02. The Labute approximate surface area is 140 Å². The normalized spacial score (nSPS) is 23.8. The van der Waals surface area contributed by atoms with E-state index < -0.39 is 0 Å². The van der Waals surface area contributed by atoms with Crippen LogP contribution in [-0.2, 0) is 12.8 Å². The summed E-state index contributed by atoms with van der Waals surface area (Å²) in [5.74, 6) is 1.61. The molecule has 5 heteroatoms. The molecule has 0 spiro atoms. The van der Waals surface area contributed by atoms with Gasteiger partial charge in [-0.25, -0.2) is 4.98 Å². The van der Waals surface area contributed by atoms with Crippen molar-refractivity contribution in [3.05, 3.63) is 26.6 Å². The number of fused-ring (bicyclic) bond motifs is 3. The Hall–Kier alpha value is -1.20. The van der Waals surface area contributed by atoms with Crippen molar-refractivity contribution < 1.29 is 4.90 Å². The van der Waals surface area contributed by atoms with E-state index >= 15 is 0 Å². The lowest BCUT2D eigenvalue weighted by Gasteiger charge is -2.28. The van der Waals surface area contributed by atoms with Crippen LogP contribution in [0.3, 0.4) is 0 Å². The minimum atomic E-state index is 0.0836. The van der Waals surface area contributed by atoms with E-state index in [1.807, 2.05) is 0 Å². The Balaban J connectivity index is 1.74. The molecule has 23 heavy (non-hydrogen) atoms. The van der Waals surface area contributed by atoms with Gasteiger partial charge in [-0.05, 0) is 56.9 Å². The highest BCUT2D eigenvalue weighted by Crippen LogP contribution is 2.35. The quantitative estimate of drug-likeness (QED) is 0.886. The van der Waals surface area contributed by atoms with E-state index in [-0.39, 0.29) is 11.6 Å². The van der Waals surface area contributed by atoms with E-state index in [0.717, 1.165) is 34.8 Å². The van der Waals surface area contributed by atoms with Gasteiger partial charge in [0.15, 0.2) is 5.82 Å². The molecule has 1 aliphatic carbocycles. The second-order valence-corrected chi connectivity index (χ2v) is 8.51. The third kappa shape index (κ3) is 2.74. The van der Waals surface area contributed by atoms with E-state index in [1.165, 1.54) is 49.2 Å². The highest BCUT2D eigenvalue weighted by atomic mass is 32.1. The SMILES string of the molecule is C[C@H]1CCc2c(sc3nc([C@@H](C)[NH+]4CCCCC4)[nH]c(=O)c23)C1. The fourth-order valence-electron chi connectivity index (χ4n) is 4.20. The molecule has 4 rings (SSSR count). The van der Waals surface area contributed by atoms with Gasteiger partial charge in [0.05, 0.1) is 18.5 Å². The largest absolute Gasteiger partial charge is 0.326 e. The number of rotatable bonds is 2. The lowest BCUT2D eigenvalue weighted by Crippen LogP contribution is -3.12. The van der Waals surface area contributed by atoms with Crippen LogP contribution < -0.4 is 10.5 Å². The summed E-state index contributed by atoms with van der Waals surface area (Å²) in [5, 5.41) is 0.876. The van der Waals surface area contributed by atoms with Crippen LogP contribution in [0.15, 0.2) is 4.79 Å². The van der Waals surface area contributed by atoms with Gasteiger partial charge < -0.3 is 9.88 Å². The van der Waals surface area contributed by atoms with E-state index in [1.54, 1.807) is 16.2 Å². The topological polar surface area (TPSA) is 50.2 Å². The molecule has 2 aromatic rings. The smallest absolute Gasteiger partial charge is 0.260 e. The number of aryl methyl sites for hydroxylation is 1. The maximum atomic E-state index is 12.7. The van der Waals surface area contributed by atoms with E-state index in [2.05, 4.69) is 18.8 Å². The van der Waals surface area contributed by atoms with Crippen LogP contribution in [0.25, 0.3) is 10.2 Å². The number of H-pyrrole nitrogens is 1. The molecule has 0 unspecified atom stereocenters. The number of aromatic amines is 1. The first kappa shape index (κ1) is 15.3. The summed E-state index contributed by atoms with van der Waals surface area (Å²) in [6, 6.07) is 0.283. The van der Waals surface area contributed by atoms with E-state index in [9.17, 15) is 4.79 Å². The molecule has 0 radical (unpaired) electrons. The third-order valence-electron chi connectivity index (χ3n) is 5.70. The highest BCUT2D eigenvalue weighted by molar-refractivity contribution is 7.18. The zero-order valence-corrected chi connectivity index (χ0v) is 14.9. The van der Waals surface area contributed by atoms with Crippen molar-refractivity contribution in [3.63, 3.8) is 0 Å². The molecule has 3 heterocycles. The molecule has 124 valence electrons. The molecule has 0 aromatic carbocycles. The predicted molar refractivity (Wildman–Crippen MR) is 94.4 cm³/mol. The number of quaternary nitrogens is 1. The molecule has 2 N–H and O–H groups in total. The molecule has 0 saturated carbocycles. The number of nitrogens with one attached hydrogen (secondary N) is 2. The Kier molecular flexibility index (Phi) is 4.01. The van der Waals surface area contributed by atoms with Gasteiger partial charge in [0.2, 0.25) is 0 Å². The summed E-state index contributed by atoms with van der Waals surface area (Å²) >= 11 is 1.76. The average molecular weight is 332 g/mol. The highest BCUT2D eigenvalue weighted by Gasteiger charge is 2.27. The molecule has 2 aromatic heterocycles. The van der Waals surface area contributed by atoms with Crippen LogP contribution in [0, 0.1) is 5.92 Å². The zero-order chi connectivity index (χ0) is 16.0. The Bertz CT molecular complexity index is 772. The molecule has 0 bridgehead atoms. The van der Waals surface area contributed by atoms with Gasteiger partial charge in [-0.3, -0.25) is 4.79 Å². The summed E-state index contributed by atoms with van der Waals surface area (Å²) in [5.41, 5.74) is 1.36. The Morgan fingerprint density at radius 3 is 2.87 bits per heavy atom.